The molecule has 3 N–H and O–H groups in total. The predicted molar refractivity (Wildman–Crippen MR) is 109 cm³/mol. The molecule has 3 rings (SSSR count). The van der Waals surface area contributed by atoms with Crippen molar-refractivity contribution >= 4 is 24.4 Å². The number of amides is 1. The van der Waals surface area contributed by atoms with Gasteiger partial charge >= 0.3 is 7.12 Å². The Kier molecular flexibility index (Phi) is 6.47. The zero-order valence-electron chi connectivity index (χ0n) is 17.6. The quantitative estimate of drug-likeness (QED) is 0.547. The first-order chi connectivity index (χ1) is 13.6. The second-order valence-electron chi connectivity index (χ2n) is 8.69. The third-order valence-electron chi connectivity index (χ3n) is 6.06. The molecule has 1 amide bonds. The maximum Gasteiger partial charge on any atom is 0.498 e. The molecule has 0 bridgehead atoms. The van der Waals surface area contributed by atoms with Crippen molar-refractivity contribution < 1.29 is 24.3 Å². The molecule has 2 atom stereocenters. The van der Waals surface area contributed by atoms with Gasteiger partial charge in [0, 0.05) is 37.0 Å². The van der Waals surface area contributed by atoms with E-state index in [0.29, 0.717) is 12.5 Å². The summed E-state index contributed by atoms with van der Waals surface area (Å²) in [6, 6.07) is 0.0290. The number of aromatic nitrogens is 2. The van der Waals surface area contributed by atoms with Crippen LogP contribution < -0.4 is 15.7 Å². The van der Waals surface area contributed by atoms with Crippen LogP contribution in [0.5, 0.6) is 0 Å². The topological polar surface area (TPSA) is 117 Å². The van der Waals surface area contributed by atoms with E-state index >= 15 is 0 Å². The van der Waals surface area contributed by atoms with Crippen LogP contribution in [0.2, 0.25) is 0 Å². The molecular formula is C19H31BN4O5. The van der Waals surface area contributed by atoms with E-state index in [1.54, 1.807) is 12.4 Å². The fraction of sp³-hybridized carbons (Fsp3) is 0.737. The number of aliphatic hydroxyl groups is 2. The van der Waals surface area contributed by atoms with Gasteiger partial charge in [-0.25, -0.2) is 9.97 Å². The van der Waals surface area contributed by atoms with Gasteiger partial charge in [0.05, 0.1) is 17.8 Å². The van der Waals surface area contributed by atoms with Gasteiger partial charge in [-0.1, -0.05) is 0 Å². The molecule has 9 nitrogen and oxygen atoms in total. The molecule has 0 spiro atoms. The Balaban J connectivity index is 1.67. The highest BCUT2D eigenvalue weighted by atomic mass is 16.7. The fourth-order valence-corrected chi connectivity index (χ4v) is 3.48. The van der Waals surface area contributed by atoms with Crippen LogP contribution in [0.4, 0.5) is 5.95 Å². The van der Waals surface area contributed by atoms with Crippen molar-refractivity contribution in [3.05, 3.63) is 12.4 Å². The van der Waals surface area contributed by atoms with E-state index in [0.717, 1.165) is 31.3 Å². The first-order valence-corrected chi connectivity index (χ1v) is 10.2. The SMILES string of the molecule is CC1(C)OB(c2cnc(N3CCCCC3CNC(=O)C(O)CO)nc2)OC1(C)C. The zero-order valence-corrected chi connectivity index (χ0v) is 17.6. The number of hydrogen-bond acceptors (Lipinski definition) is 8. The third kappa shape index (κ3) is 4.71. The molecule has 2 unspecified atom stereocenters. The number of hydrogen-bond donors (Lipinski definition) is 3. The summed E-state index contributed by atoms with van der Waals surface area (Å²) in [5.74, 6) is 0.0157. The Morgan fingerprint density at radius 3 is 2.48 bits per heavy atom. The summed E-state index contributed by atoms with van der Waals surface area (Å²) in [6.07, 6.45) is 5.01. The lowest BCUT2D eigenvalue weighted by molar-refractivity contribution is -0.131. The number of aliphatic hydroxyl groups excluding tert-OH is 2. The molecule has 29 heavy (non-hydrogen) atoms. The molecule has 160 valence electrons. The summed E-state index contributed by atoms with van der Waals surface area (Å²) in [4.78, 5) is 22.9. The van der Waals surface area contributed by atoms with Gasteiger partial charge in [0.25, 0.3) is 5.91 Å². The molecule has 0 aliphatic carbocycles. The smallest absolute Gasteiger partial charge is 0.399 e. The summed E-state index contributed by atoms with van der Waals surface area (Å²) in [5.41, 5.74) is -0.0857. The lowest BCUT2D eigenvalue weighted by Gasteiger charge is -2.36. The largest absolute Gasteiger partial charge is 0.498 e. The van der Waals surface area contributed by atoms with Crippen molar-refractivity contribution in [2.45, 2.75) is 70.3 Å². The van der Waals surface area contributed by atoms with Gasteiger partial charge in [-0.3, -0.25) is 4.79 Å². The van der Waals surface area contributed by atoms with Crippen LogP contribution in [0, 0.1) is 0 Å². The molecule has 2 saturated heterocycles. The average Bonchev–Trinajstić information content (AvgIpc) is 2.93. The minimum absolute atomic E-state index is 0.0290. The van der Waals surface area contributed by atoms with Crippen molar-refractivity contribution in [3.63, 3.8) is 0 Å². The van der Waals surface area contributed by atoms with Gasteiger partial charge in [0.2, 0.25) is 5.95 Å². The number of carbonyl (C=O) groups is 1. The normalized spacial score (nSPS) is 24.4. The van der Waals surface area contributed by atoms with Gasteiger partial charge in [-0.2, -0.15) is 0 Å². The summed E-state index contributed by atoms with van der Waals surface area (Å²) in [6.45, 7) is 8.57. The zero-order chi connectivity index (χ0) is 21.2. The summed E-state index contributed by atoms with van der Waals surface area (Å²) in [7, 11) is -0.509. The number of piperidine rings is 1. The number of nitrogens with one attached hydrogen (secondary N) is 1. The number of nitrogens with zero attached hydrogens (tertiary/aromatic N) is 3. The van der Waals surface area contributed by atoms with Crippen LogP contribution in [-0.2, 0) is 14.1 Å². The van der Waals surface area contributed by atoms with Gasteiger partial charge < -0.3 is 29.7 Å². The Labute approximate surface area is 172 Å². The summed E-state index contributed by atoms with van der Waals surface area (Å²) < 4.78 is 12.1. The number of anilines is 1. The van der Waals surface area contributed by atoms with Gasteiger partial charge in [0.1, 0.15) is 0 Å². The monoisotopic (exact) mass is 406 g/mol. The highest BCUT2D eigenvalue weighted by Gasteiger charge is 2.52. The molecule has 0 radical (unpaired) electrons. The second-order valence-corrected chi connectivity index (χ2v) is 8.69. The van der Waals surface area contributed by atoms with Gasteiger partial charge in [-0.05, 0) is 47.0 Å². The first-order valence-electron chi connectivity index (χ1n) is 10.2. The highest BCUT2D eigenvalue weighted by Crippen LogP contribution is 2.36. The number of rotatable bonds is 6. The van der Waals surface area contributed by atoms with Gasteiger partial charge in [0.15, 0.2) is 6.10 Å². The van der Waals surface area contributed by atoms with Crippen LogP contribution in [0.1, 0.15) is 47.0 Å². The minimum atomic E-state index is -1.40. The van der Waals surface area contributed by atoms with Gasteiger partial charge in [-0.15, -0.1) is 0 Å². The molecule has 0 saturated carbocycles. The lowest BCUT2D eigenvalue weighted by atomic mass is 9.81. The van der Waals surface area contributed by atoms with Crippen molar-refractivity contribution in [3.8, 4) is 0 Å². The molecule has 1 aromatic heterocycles. The van der Waals surface area contributed by atoms with E-state index in [2.05, 4.69) is 20.2 Å². The van der Waals surface area contributed by atoms with Crippen molar-refractivity contribution in [1.29, 1.82) is 0 Å². The molecule has 1 aromatic rings. The van der Waals surface area contributed by atoms with Crippen LogP contribution in [0.25, 0.3) is 0 Å². The summed E-state index contributed by atoms with van der Waals surface area (Å²) >= 11 is 0. The molecule has 2 aliphatic heterocycles. The minimum Gasteiger partial charge on any atom is -0.399 e. The van der Waals surface area contributed by atoms with E-state index in [4.69, 9.17) is 14.4 Å². The third-order valence-corrected chi connectivity index (χ3v) is 6.06. The second kappa shape index (κ2) is 8.55. The standard InChI is InChI=1S/C19H31BN4O5/c1-18(2)19(3,4)29-20(28-18)13-9-22-17(23-10-13)24-8-6-5-7-14(24)11-21-16(27)15(26)12-25/h9-10,14-15,25-26H,5-8,11-12H2,1-4H3,(H,21,27). The average molecular weight is 406 g/mol. The maximum absolute atomic E-state index is 11.8. The molecule has 3 heterocycles. The summed E-state index contributed by atoms with van der Waals surface area (Å²) in [5, 5.41) is 21.0. The van der Waals surface area contributed by atoms with Crippen LogP contribution in [0.15, 0.2) is 12.4 Å². The van der Waals surface area contributed by atoms with Crippen molar-refractivity contribution in [1.82, 2.24) is 15.3 Å². The molecular weight excluding hydrogens is 375 g/mol. The fourth-order valence-electron chi connectivity index (χ4n) is 3.48. The van der Waals surface area contributed by atoms with E-state index in [1.807, 2.05) is 27.7 Å². The maximum atomic E-state index is 11.8. The van der Waals surface area contributed by atoms with Crippen LogP contribution >= 0.6 is 0 Å². The van der Waals surface area contributed by atoms with E-state index < -0.39 is 36.9 Å². The Morgan fingerprint density at radius 1 is 1.28 bits per heavy atom. The van der Waals surface area contributed by atoms with E-state index in [-0.39, 0.29) is 6.04 Å². The van der Waals surface area contributed by atoms with Crippen LogP contribution in [-0.4, -0.2) is 76.3 Å². The first kappa shape index (κ1) is 22.0. The van der Waals surface area contributed by atoms with E-state index in [9.17, 15) is 9.90 Å². The molecule has 2 fully saturated rings. The Bertz CT molecular complexity index is 699. The van der Waals surface area contributed by atoms with Crippen LogP contribution in [0.3, 0.4) is 0 Å². The lowest BCUT2D eigenvalue weighted by Crippen LogP contribution is -2.49. The Morgan fingerprint density at radius 2 is 1.90 bits per heavy atom. The molecule has 2 aliphatic rings. The Hall–Kier alpha value is -1.75. The van der Waals surface area contributed by atoms with Crippen molar-refractivity contribution in [2.75, 3.05) is 24.6 Å². The predicted octanol–water partition coefficient (Wildman–Crippen LogP) is -0.396. The number of carbonyl (C=O) groups excluding carboxylic acids is 1. The van der Waals surface area contributed by atoms with E-state index in [1.165, 1.54) is 0 Å². The molecule has 10 heteroatoms. The highest BCUT2D eigenvalue weighted by molar-refractivity contribution is 6.61. The molecule has 0 aromatic carbocycles. The van der Waals surface area contributed by atoms with Crippen molar-refractivity contribution in [2.24, 2.45) is 0 Å².